The van der Waals surface area contributed by atoms with Crippen LogP contribution in [0.3, 0.4) is 0 Å². The predicted molar refractivity (Wildman–Crippen MR) is 158 cm³/mol. The van der Waals surface area contributed by atoms with Crippen molar-refractivity contribution in [2.24, 2.45) is 0 Å². The quantitative estimate of drug-likeness (QED) is 0.111. The Kier molecular flexibility index (Phi) is 7.22. The minimum absolute atomic E-state index is 0. The maximum atomic E-state index is 10.0. The Morgan fingerprint density at radius 3 is 2.35 bits per heavy atom. The van der Waals surface area contributed by atoms with E-state index in [9.17, 15) is 4.79 Å². The van der Waals surface area contributed by atoms with Gasteiger partial charge in [-0.2, -0.15) is 0 Å². The average molecular weight is 703 g/mol. The predicted octanol–water partition coefficient (Wildman–Crippen LogP) is 8.94. The topological polar surface area (TPSA) is 63.3 Å². The molecule has 1 aliphatic rings. The molecule has 0 atom stereocenters. The second-order valence-electron chi connectivity index (χ2n) is 10.5. The first-order chi connectivity index (χ1) is 18.8. The Hall–Kier alpha value is -4.05. The van der Waals surface area contributed by atoms with Gasteiger partial charge in [0.15, 0.2) is 5.78 Å². The van der Waals surface area contributed by atoms with Crippen molar-refractivity contribution >= 4 is 38.6 Å². The molecule has 0 unspecified atom stereocenters. The molecule has 4 nitrogen and oxygen atoms in total. The summed E-state index contributed by atoms with van der Waals surface area (Å²) in [5.41, 5.74) is 9.38. The Balaban J connectivity index is 0.000000362. The number of benzene rings is 4. The van der Waals surface area contributed by atoms with Crippen molar-refractivity contribution in [3.05, 3.63) is 114 Å². The molecule has 0 fully saturated rings. The first-order valence-electron chi connectivity index (χ1n) is 13.0. The number of allylic oxidation sites excluding steroid dienone is 2. The summed E-state index contributed by atoms with van der Waals surface area (Å²) in [5, 5.41) is 11.8. The second kappa shape index (κ2) is 10.5. The minimum atomic E-state index is -0.247. The third kappa shape index (κ3) is 4.56. The van der Waals surface area contributed by atoms with Crippen molar-refractivity contribution in [3.63, 3.8) is 0 Å². The van der Waals surface area contributed by atoms with E-state index in [2.05, 4.69) is 80.6 Å². The van der Waals surface area contributed by atoms with Crippen LogP contribution in [0.5, 0.6) is 0 Å². The molecule has 0 bridgehead atoms. The number of hydrogen-bond acceptors (Lipinski definition) is 4. The van der Waals surface area contributed by atoms with Crippen LogP contribution in [0, 0.1) is 6.07 Å². The van der Waals surface area contributed by atoms with Crippen molar-refractivity contribution in [1.82, 2.24) is 4.98 Å². The fourth-order valence-electron chi connectivity index (χ4n) is 5.63. The van der Waals surface area contributed by atoms with E-state index < -0.39 is 0 Å². The van der Waals surface area contributed by atoms with Crippen LogP contribution >= 0.6 is 0 Å². The zero-order valence-corrected chi connectivity index (χ0v) is 25.1. The smallest absolute Gasteiger partial charge is 0.155 e. The van der Waals surface area contributed by atoms with E-state index in [0.29, 0.717) is 0 Å². The van der Waals surface area contributed by atoms with Gasteiger partial charge in [0.2, 0.25) is 0 Å². The third-order valence-corrected chi connectivity index (χ3v) is 7.38. The van der Waals surface area contributed by atoms with Crippen LogP contribution in [-0.4, -0.2) is 15.9 Å². The molecule has 2 aromatic heterocycles. The first kappa shape index (κ1) is 27.5. The van der Waals surface area contributed by atoms with Gasteiger partial charge in [0.05, 0.1) is 16.9 Å². The maximum absolute atomic E-state index is 10.0. The zero-order valence-electron chi connectivity index (χ0n) is 22.7. The van der Waals surface area contributed by atoms with E-state index in [0.717, 1.165) is 49.8 Å². The van der Waals surface area contributed by atoms with Gasteiger partial charge in [0, 0.05) is 37.2 Å². The van der Waals surface area contributed by atoms with Crippen LogP contribution < -0.4 is 0 Å². The van der Waals surface area contributed by atoms with Gasteiger partial charge in [-0.3, -0.25) is 9.78 Å². The van der Waals surface area contributed by atoms with E-state index in [1.807, 2.05) is 24.3 Å². The number of aromatic nitrogens is 1. The monoisotopic (exact) mass is 703 g/mol. The minimum Gasteiger partial charge on any atom is -0.512 e. The molecular weight excluding hydrogens is 675 g/mol. The summed E-state index contributed by atoms with van der Waals surface area (Å²) in [6, 6.07) is 33.1. The molecular formula is C35H28IrNO3-. The summed E-state index contributed by atoms with van der Waals surface area (Å²) >= 11 is 0. The fourth-order valence-corrected chi connectivity index (χ4v) is 5.63. The Morgan fingerprint density at radius 1 is 0.925 bits per heavy atom. The van der Waals surface area contributed by atoms with Gasteiger partial charge in [0.1, 0.15) is 5.58 Å². The van der Waals surface area contributed by atoms with Crippen molar-refractivity contribution in [3.8, 4) is 22.4 Å². The molecule has 4 aromatic carbocycles. The van der Waals surface area contributed by atoms with Gasteiger partial charge >= 0.3 is 0 Å². The van der Waals surface area contributed by atoms with Crippen LogP contribution in [0.1, 0.15) is 38.8 Å². The van der Waals surface area contributed by atoms with Crippen LogP contribution in [0.25, 0.3) is 55.2 Å². The molecule has 1 aliphatic carbocycles. The van der Waals surface area contributed by atoms with E-state index in [4.69, 9.17) is 14.5 Å². The number of fused-ring (bicyclic) bond motifs is 3. The summed E-state index contributed by atoms with van der Waals surface area (Å²) in [6.45, 7) is 7.44. The fraction of sp³-hybridized carbons (Fsp3) is 0.143. The number of furan rings is 1. The molecule has 0 spiro atoms. The van der Waals surface area contributed by atoms with Gasteiger partial charge in [0.25, 0.3) is 0 Å². The van der Waals surface area contributed by atoms with Crippen molar-refractivity contribution < 1.29 is 34.4 Å². The summed E-state index contributed by atoms with van der Waals surface area (Å²) in [4.78, 5) is 15.2. The normalized spacial score (nSPS) is 13.3. The van der Waals surface area contributed by atoms with Crippen molar-refractivity contribution in [1.29, 1.82) is 0 Å². The Bertz CT molecular complexity index is 1930. The number of ketones is 1. The van der Waals surface area contributed by atoms with E-state index in [-0.39, 0.29) is 37.1 Å². The van der Waals surface area contributed by atoms with E-state index in [1.54, 1.807) is 0 Å². The third-order valence-electron chi connectivity index (χ3n) is 7.38. The molecule has 0 saturated heterocycles. The molecule has 6 aromatic rings. The maximum Gasteiger partial charge on any atom is 0.155 e. The Morgan fingerprint density at radius 2 is 1.65 bits per heavy atom. The number of aliphatic hydroxyl groups is 1. The molecule has 1 radical (unpaired) electrons. The van der Waals surface area contributed by atoms with Crippen LogP contribution in [0.2, 0.25) is 0 Å². The first-order valence-corrected chi connectivity index (χ1v) is 13.0. The molecule has 0 aliphatic heterocycles. The summed E-state index contributed by atoms with van der Waals surface area (Å²) in [7, 11) is 0. The molecule has 5 heteroatoms. The van der Waals surface area contributed by atoms with Crippen molar-refractivity contribution in [2.75, 3.05) is 0 Å². The molecule has 0 saturated carbocycles. The second-order valence-corrected chi connectivity index (χ2v) is 10.5. The number of para-hydroxylation sites is 1. The molecule has 201 valence electrons. The van der Waals surface area contributed by atoms with Crippen LogP contribution in [0.15, 0.2) is 101 Å². The van der Waals surface area contributed by atoms with Gasteiger partial charge in [-0.25, -0.2) is 0 Å². The average Bonchev–Trinajstić information content (AvgIpc) is 3.28. The number of carbonyl (C=O) groups excluding carboxylic acids is 1. The van der Waals surface area contributed by atoms with Gasteiger partial charge in [-0.1, -0.05) is 97.6 Å². The summed E-state index contributed by atoms with van der Waals surface area (Å²) in [5.74, 6) is -0.0625. The largest absolute Gasteiger partial charge is 0.512 e. The van der Waals surface area contributed by atoms with E-state index >= 15 is 0 Å². The number of hydrogen-bond donors (Lipinski definition) is 1. The number of pyridine rings is 1. The van der Waals surface area contributed by atoms with Crippen LogP contribution in [0.4, 0.5) is 0 Å². The molecule has 0 amide bonds. The number of rotatable bonds is 2. The van der Waals surface area contributed by atoms with Gasteiger partial charge < -0.3 is 9.52 Å². The van der Waals surface area contributed by atoms with E-state index in [1.165, 1.54) is 36.4 Å². The van der Waals surface area contributed by atoms with Crippen molar-refractivity contribution in [2.45, 2.75) is 33.1 Å². The molecule has 2 heterocycles. The van der Waals surface area contributed by atoms with Crippen LogP contribution in [-0.2, 0) is 30.3 Å². The molecule has 7 rings (SSSR count). The summed E-state index contributed by atoms with van der Waals surface area (Å²) in [6.07, 6.45) is 1.17. The standard InChI is InChI=1S/C30H20NO.C5H8O2.Ir/c1-30(2)22-16-15-20(18-9-4-3-5-10-18)29-27(22)26-21(12-8-14-25(26)32-29)28-23(30)17-19-11-6-7-13-24(19)31-28;1-4(6)3-5(2)7;/h3-11,13-17H,1-2H3;3,6H,1-2H3;/q-1;;/b;4-3-;. The summed E-state index contributed by atoms with van der Waals surface area (Å²) < 4.78 is 6.54. The number of carbonyl (C=O) groups is 1. The molecule has 1 N–H and O–H groups in total. The zero-order chi connectivity index (χ0) is 27.3. The Labute approximate surface area is 246 Å². The van der Waals surface area contributed by atoms with Gasteiger partial charge in [-0.15, -0.1) is 17.7 Å². The SMILES string of the molecule is CC(=O)/C=C(/C)O.CC1(C)c2cc3ccccc3nc2-c2[c-]ccc3oc4c(-c5ccccc5)ccc1c4c23.[Ir]. The number of aliphatic hydroxyl groups excluding tert-OH is 1. The van der Waals surface area contributed by atoms with Gasteiger partial charge in [-0.05, 0) is 47.5 Å². The number of nitrogens with zero attached hydrogens (tertiary/aromatic N) is 1. The molecule has 40 heavy (non-hydrogen) atoms.